The minimum Gasteiger partial charge on any atom is -0.385 e. The summed E-state index contributed by atoms with van der Waals surface area (Å²) in [4.78, 5) is 0. The standard InChI is InChI=1S/C12H20N2O/c1-15-10-9-12(14-13)8-7-11-5-3-2-4-6-11/h2-6,12,14H,7-10,13H2,1H3. The molecule has 0 radical (unpaired) electrons. The third kappa shape index (κ3) is 4.93. The number of methoxy groups -OCH3 is 1. The highest BCUT2D eigenvalue weighted by atomic mass is 16.5. The number of benzene rings is 1. The van der Waals surface area contributed by atoms with Crippen molar-refractivity contribution in [2.75, 3.05) is 13.7 Å². The van der Waals surface area contributed by atoms with Crippen molar-refractivity contribution in [2.24, 2.45) is 5.84 Å². The van der Waals surface area contributed by atoms with Gasteiger partial charge in [0.1, 0.15) is 0 Å². The minimum atomic E-state index is 0.338. The number of nitrogens with one attached hydrogen (secondary N) is 1. The lowest BCUT2D eigenvalue weighted by Gasteiger charge is -2.14. The van der Waals surface area contributed by atoms with Crippen molar-refractivity contribution >= 4 is 0 Å². The van der Waals surface area contributed by atoms with E-state index in [1.54, 1.807) is 7.11 Å². The smallest absolute Gasteiger partial charge is 0.0477 e. The molecule has 0 saturated carbocycles. The van der Waals surface area contributed by atoms with E-state index in [0.29, 0.717) is 6.04 Å². The molecule has 3 nitrogen and oxygen atoms in total. The first-order valence-electron chi connectivity index (χ1n) is 5.36. The van der Waals surface area contributed by atoms with E-state index in [1.807, 2.05) is 6.07 Å². The summed E-state index contributed by atoms with van der Waals surface area (Å²) < 4.78 is 5.03. The number of aryl methyl sites for hydroxylation is 1. The second-order valence-corrected chi connectivity index (χ2v) is 3.67. The highest BCUT2D eigenvalue weighted by molar-refractivity contribution is 5.14. The number of hydrogen-bond donors (Lipinski definition) is 2. The Hall–Kier alpha value is -0.900. The van der Waals surface area contributed by atoms with Gasteiger partial charge in [0.15, 0.2) is 0 Å². The fourth-order valence-corrected chi connectivity index (χ4v) is 1.56. The van der Waals surface area contributed by atoms with E-state index in [0.717, 1.165) is 25.9 Å². The van der Waals surface area contributed by atoms with Crippen LogP contribution in [0.1, 0.15) is 18.4 Å². The maximum absolute atomic E-state index is 5.47. The predicted molar refractivity (Wildman–Crippen MR) is 62.4 cm³/mol. The van der Waals surface area contributed by atoms with Crippen molar-refractivity contribution in [3.05, 3.63) is 35.9 Å². The highest BCUT2D eigenvalue weighted by Gasteiger charge is 2.05. The van der Waals surface area contributed by atoms with Gasteiger partial charge in [0.2, 0.25) is 0 Å². The van der Waals surface area contributed by atoms with Crippen LogP contribution in [0, 0.1) is 0 Å². The van der Waals surface area contributed by atoms with E-state index >= 15 is 0 Å². The van der Waals surface area contributed by atoms with Gasteiger partial charge in [0.05, 0.1) is 0 Å². The number of hydrogen-bond acceptors (Lipinski definition) is 3. The van der Waals surface area contributed by atoms with Gasteiger partial charge in [-0.2, -0.15) is 0 Å². The lowest BCUT2D eigenvalue weighted by Crippen LogP contribution is -2.36. The van der Waals surface area contributed by atoms with Crippen LogP contribution >= 0.6 is 0 Å². The third-order valence-electron chi connectivity index (χ3n) is 2.53. The molecule has 1 aromatic carbocycles. The van der Waals surface area contributed by atoms with Crippen molar-refractivity contribution in [3.8, 4) is 0 Å². The summed E-state index contributed by atoms with van der Waals surface area (Å²) in [5.74, 6) is 5.47. The highest BCUT2D eigenvalue weighted by Crippen LogP contribution is 2.06. The van der Waals surface area contributed by atoms with E-state index in [9.17, 15) is 0 Å². The first kappa shape index (κ1) is 12.2. The molecular weight excluding hydrogens is 188 g/mol. The molecule has 3 heteroatoms. The molecule has 0 amide bonds. The maximum atomic E-state index is 5.47. The van der Waals surface area contributed by atoms with E-state index in [1.165, 1.54) is 5.56 Å². The van der Waals surface area contributed by atoms with Gasteiger partial charge < -0.3 is 4.74 Å². The average Bonchev–Trinajstić information content (AvgIpc) is 2.31. The number of ether oxygens (including phenoxy) is 1. The van der Waals surface area contributed by atoms with Gasteiger partial charge in [0, 0.05) is 19.8 Å². The largest absolute Gasteiger partial charge is 0.385 e. The van der Waals surface area contributed by atoms with Crippen LogP contribution < -0.4 is 11.3 Å². The molecule has 1 unspecified atom stereocenters. The quantitative estimate of drug-likeness (QED) is 0.527. The van der Waals surface area contributed by atoms with E-state index in [2.05, 4.69) is 29.7 Å². The Morgan fingerprint density at radius 2 is 2.00 bits per heavy atom. The summed E-state index contributed by atoms with van der Waals surface area (Å²) >= 11 is 0. The van der Waals surface area contributed by atoms with E-state index in [-0.39, 0.29) is 0 Å². The second-order valence-electron chi connectivity index (χ2n) is 3.67. The second kappa shape index (κ2) is 7.40. The van der Waals surface area contributed by atoms with Gasteiger partial charge in [-0.1, -0.05) is 30.3 Å². The number of hydrazine groups is 1. The third-order valence-corrected chi connectivity index (χ3v) is 2.53. The van der Waals surface area contributed by atoms with Crippen LogP contribution in [-0.2, 0) is 11.2 Å². The maximum Gasteiger partial charge on any atom is 0.0477 e. The number of rotatable bonds is 7. The number of nitrogens with two attached hydrogens (primary N) is 1. The monoisotopic (exact) mass is 208 g/mol. The van der Waals surface area contributed by atoms with Crippen LogP contribution in [0.2, 0.25) is 0 Å². The molecule has 84 valence electrons. The molecule has 1 aromatic rings. The summed E-state index contributed by atoms with van der Waals surface area (Å²) in [5.41, 5.74) is 4.18. The van der Waals surface area contributed by atoms with E-state index in [4.69, 9.17) is 10.6 Å². The summed E-state index contributed by atoms with van der Waals surface area (Å²) in [6.07, 6.45) is 3.06. The van der Waals surface area contributed by atoms with Crippen molar-refractivity contribution in [3.63, 3.8) is 0 Å². The van der Waals surface area contributed by atoms with Crippen LogP contribution in [0.15, 0.2) is 30.3 Å². The van der Waals surface area contributed by atoms with Crippen molar-refractivity contribution in [1.82, 2.24) is 5.43 Å². The van der Waals surface area contributed by atoms with Crippen LogP contribution in [-0.4, -0.2) is 19.8 Å². The summed E-state index contributed by atoms with van der Waals surface area (Å²) in [6, 6.07) is 10.8. The molecule has 0 aromatic heterocycles. The lowest BCUT2D eigenvalue weighted by atomic mass is 10.0. The molecule has 0 bridgehead atoms. The SMILES string of the molecule is COCCC(CCc1ccccc1)NN. The molecule has 0 spiro atoms. The zero-order valence-corrected chi connectivity index (χ0v) is 9.28. The molecule has 15 heavy (non-hydrogen) atoms. The van der Waals surface area contributed by atoms with Gasteiger partial charge in [0.25, 0.3) is 0 Å². The summed E-state index contributed by atoms with van der Waals surface area (Å²) in [6.45, 7) is 0.754. The molecule has 0 aliphatic rings. The fraction of sp³-hybridized carbons (Fsp3) is 0.500. The van der Waals surface area contributed by atoms with Crippen LogP contribution in [0.25, 0.3) is 0 Å². The van der Waals surface area contributed by atoms with Gasteiger partial charge in [-0.15, -0.1) is 0 Å². The van der Waals surface area contributed by atoms with Gasteiger partial charge in [-0.05, 0) is 24.8 Å². The first-order valence-corrected chi connectivity index (χ1v) is 5.36. The Morgan fingerprint density at radius 1 is 1.27 bits per heavy atom. The molecule has 0 aliphatic heterocycles. The Labute approximate surface area is 91.6 Å². The van der Waals surface area contributed by atoms with Crippen LogP contribution in [0.3, 0.4) is 0 Å². The van der Waals surface area contributed by atoms with Crippen molar-refractivity contribution in [2.45, 2.75) is 25.3 Å². The average molecular weight is 208 g/mol. The molecule has 1 atom stereocenters. The molecular formula is C12H20N2O. The molecule has 0 saturated heterocycles. The molecule has 0 heterocycles. The first-order chi connectivity index (χ1) is 7.36. The Balaban J connectivity index is 2.28. The molecule has 1 rings (SSSR count). The Bertz CT molecular complexity index is 251. The summed E-state index contributed by atoms with van der Waals surface area (Å²) in [7, 11) is 1.71. The Morgan fingerprint density at radius 3 is 2.60 bits per heavy atom. The zero-order chi connectivity index (χ0) is 10.9. The fourth-order valence-electron chi connectivity index (χ4n) is 1.56. The van der Waals surface area contributed by atoms with Gasteiger partial charge >= 0.3 is 0 Å². The molecule has 3 N–H and O–H groups in total. The Kier molecular flexibility index (Phi) is 6.00. The van der Waals surface area contributed by atoms with Gasteiger partial charge in [-0.25, -0.2) is 0 Å². The van der Waals surface area contributed by atoms with E-state index < -0.39 is 0 Å². The lowest BCUT2D eigenvalue weighted by molar-refractivity contribution is 0.181. The van der Waals surface area contributed by atoms with Gasteiger partial charge in [-0.3, -0.25) is 11.3 Å². The topological polar surface area (TPSA) is 47.3 Å². The van der Waals surface area contributed by atoms with Crippen LogP contribution in [0.5, 0.6) is 0 Å². The van der Waals surface area contributed by atoms with Crippen molar-refractivity contribution < 1.29 is 4.74 Å². The summed E-state index contributed by atoms with van der Waals surface area (Å²) in [5, 5.41) is 0. The zero-order valence-electron chi connectivity index (χ0n) is 9.28. The van der Waals surface area contributed by atoms with Crippen LogP contribution in [0.4, 0.5) is 0 Å². The normalized spacial score (nSPS) is 12.7. The minimum absolute atomic E-state index is 0.338. The molecule has 0 fully saturated rings. The molecule has 0 aliphatic carbocycles. The predicted octanol–water partition coefficient (Wildman–Crippen LogP) is 1.49. The van der Waals surface area contributed by atoms with Crippen molar-refractivity contribution in [1.29, 1.82) is 0 Å².